The highest BCUT2D eigenvalue weighted by atomic mass is 79.9. The summed E-state index contributed by atoms with van der Waals surface area (Å²) in [5.74, 6) is -0.0625. The van der Waals surface area contributed by atoms with E-state index in [4.69, 9.17) is 5.73 Å². The molecule has 0 spiro atoms. The lowest BCUT2D eigenvalue weighted by molar-refractivity contribution is -0.115. The quantitative estimate of drug-likeness (QED) is 0.856. The number of hydrogen-bond acceptors (Lipinski definition) is 2. The summed E-state index contributed by atoms with van der Waals surface area (Å²) in [4.78, 5) is 11.9. The Labute approximate surface area is 114 Å². The van der Waals surface area contributed by atoms with Gasteiger partial charge in [0.25, 0.3) is 0 Å². The van der Waals surface area contributed by atoms with Crippen molar-refractivity contribution in [2.75, 3.05) is 11.1 Å². The van der Waals surface area contributed by atoms with Crippen molar-refractivity contribution in [1.29, 1.82) is 0 Å². The number of halogens is 1. The summed E-state index contributed by atoms with van der Waals surface area (Å²) in [6.45, 7) is 0. The molecule has 4 heteroatoms. The standard InChI is InChI=1S/C14H13BrN2O/c15-12-7-6-11(16)9-13(12)17-14(18)8-10-4-2-1-3-5-10/h1-7,9H,8,16H2,(H,17,18). The van der Waals surface area contributed by atoms with E-state index in [0.717, 1.165) is 10.0 Å². The van der Waals surface area contributed by atoms with E-state index in [0.29, 0.717) is 17.8 Å². The molecule has 0 bridgehead atoms. The maximum Gasteiger partial charge on any atom is 0.228 e. The number of carbonyl (C=O) groups is 1. The van der Waals surface area contributed by atoms with Crippen LogP contribution >= 0.6 is 15.9 Å². The average molecular weight is 305 g/mol. The van der Waals surface area contributed by atoms with Gasteiger partial charge in [0, 0.05) is 10.2 Å². The van der Waals surface area contributed by atoms with Crippen molar-refractivity contribution >= 4 is 33.2 Å². The van der Waals surface area contributed by atoms with Crippen molar-refractivity contribution in [3.8, 4) is 0 Å². The highest BCUT2D eigenvalue weighted by Crippen LogP contribution is 2.24. The minimum atomic E-state index is -0.0625. The molecule has 1 amide bonds. The maximum absolute atomic E-state index is 11.9. The van der Waals surface area contributed by atoms with E-state index in [9.17, 15) is 4.79 Å². The number of anilines is 2. The maximum atomic E-state index is 11.9. The van der Waals surface area contributed by atoms with Crippen molar-refractivity contribution < 1.29 is 4.79 Å². The lowest BCUT2D eigenvalue weighted by atomic mass is 10.1. The molecule has 0 saturated carbocycles. The van der Waals surface area contributed by atoms with Crippen LogP contribution < -0.4 is 11.1 Å². The van der Waals surface area contributed by atoms with Gasteiger partial charge in [-0.15, -0.1) is 0 Å². The number of nitrogens with two attached hydrogens (primary N) is 1. The molecule has 0 aliphatic rings. The fourth-order valence-electron chi connectivity index (χ4n) is 1.61. The molecule has 0 atom stereocenters. The Morgan fingerprint density at radius 1 is 1.17 bits per heavy atom. The lowest BCUT2D eigenvalue weighted by Crippen LogP contribution is -2.14. The third-order valence-electron chi connectivity index (χ3n) is 2.47. The van der Waals surface area contributed by atoms with Crippen LogP contribution in [0.25, 0.3) is 0 Å². The van der Waals surface area contributed by atoms with E-state index in [2.05, 4.69) is 21.2 Å². The van der Waals surface area contributed by atoms with Crippen LogP contribution in [0.1, 0.15) is 5.56 Å². The van der Waals surface area contributed by atoms with Gasteiger partial charge in [-0.25, -0.2) is 0 Å². The van der Waals surface area contributed by atoms with Crippen molar-refractivity contribution in [3.63, 3.8) is 0 Å². The van der Waals surface area contributed by atoms with Gasteiger partial charge in [0.05, 0.1) is 12.1 Å². The number of nitrogens with one attached hydrogen (secondary N) is 1. The molecule has 3 N–H and O–H groups in total. The summed E-state index contributed by atoms with van der Waals surface area (Å²) in [7, 11) is 0. The van der Waals surface area contributed by atoms with E-state index >= 15 is 0 Å². The van der Waals surface area contributed by atoms with Crippen LogP contribution in [0, 0.1) is 0 Å². The molecular weight excluding hydrogens is 292 g/mol. The Morgan fingerprint density at radius 2 is 1.89 bits per heavy atom. The molecular formula is C14H13BrN2O. The van der Waals surface area contributed by atoms with E-state index in [1.54, 1.807) is 12.1 Å². The molecule has 0 saturated heterocycles. The molecule has 0 aliphatic carbocycles. The van der Waals surface area contributed by atoms with Gasteiger partial charge in [0.2, 0.25) is 5.91 Å². The smallest absolute Gasteiger partial charge is 0.228 e. The van der Waals surface area contributed by atoms with Gasteiger partial charge in [-0.1, -0.05) is 30.3 Å². The van der Waals surface area contributed by atoms with E-state index in [1.165, 1.54) is 0 Å². The van der Waals surface area contributed by atoms with Crippen molar-refractivity contribution in [1.82, 2.24) is 0 Å². The summed E-state index contributed by atoms with van der Waals surface area (Å²) in [6, 6.07) is 14.9. The zero-order chi connectivity index (χ0) is 13.0. The molecule has 0 radical (unpaired) electrons. The third-order valence-corrected chi connectivity index (χ3v) is 3.16. The number of rotatable bonds is 3. The topological polar surface area (TPSA) is 55.1 Å². The Balaban J connectivity index is 2.05. The second-order valence-corrected chi connectivity index (χ2v) is 4.80. The molecule has 0 fully saturated rings. The minimum Gasteiger partial charge on any atom is -0.399 e. The Kier molecular flexibility index (Phi) is 3.99. The molecule has 0 aliphatic heterocycles. The van der Waals surface area contributed by atoms with Crippen LogP contribution in [0.15, 0.2) is 53.0 Å². The number of benzene rings is 2. The van der Waals surface area contributed by atoms with E-state index in [1.807, 2.05) is 36.4 Å². The first-order valence-corrected chi connectivity index (χ1v) is 6.33. The Bertz CT molecular complexity index is 555. The fourth-order valence-corrected chi connectivity index (χ4v) is 1.96. The normalized spacial score (nSPS) is 10.1. The fraction of sp³-hybridized carbons (Fsp3) is 0.0714. The predicted molar refractivity (Wildman–Crippen MR) is 77.3 cm³/mol. The van der Waals surface area contributed by atoms with Gasteiger partial charge in [0.1, 0.15) is 0 Å². The van der Waals surface area contributed by atoms with E-state index in [-0.39, 0.29) is 5.91 Å². The zero-order valence-electron chi connectivity index (χ0n) is 9.69. The van der Waals surface area contributed by atoms with Gasteiger partial charge in [-0.05, 0) is 39.7 Å². The number of nitrogen functional groups attached to an aromatic ring is 1. The lowest BCUT2D eigenvalue weighted by Gasteiger charge is -2.08. The third kappa shape index (κ3) is 3.34. The van der Waals surface area contributed by atoms with Crippen molar-refractivity contribution in [2.45, 2.75) is 6.42 Å². The van der Waals surface area contributed by atoms with Gasteiger partial charge >= 0.3 is 0 Å². The number of amides is 1. The first-order chi connectivity index (χ1) is 8.65. The van der Waals surface area contributed by atoms with Crippen LogP contribution in [-0.2, 0) is 11.2 Å². The van der Waals surface area contributed by atoms with Crippen LogP contribution in [0.4, 0.5) is 11.4 Å². The monoisotopic (exact) mass is 304 g/mol. The van der Waals surface area contributed by atoms with Gasteiger partial charge < -0.3 is 11.1 Å². The number of hydrogen-bond donors (Lipinski definition) is 2. The Hall–Kier alpha value is -1.81. The minimum absolute atomic E-state index is 0.0625. The summed E-state index contributed by atoms with van der Waals surface area (Å²) in [5, 5.41) is 2.83. The highest BCUT2D eigenvalue weighted by molar-refractivity contribution is 9.10. The van der Waals surface area contributed by atoms with E-state index < -0.39 is 0 Å². The summed E-state index contributed by atoms with van der Waals surface area (Å²) in [6.07, 6.45) is 0.349. The van der Waals surface area contributed by atoms with Crippen LogP contribution in [-0.4, -0.2) is 5.91 Å². The predicted octanol–water partition coefficient (Wildman–Crippen LogP) is 3.21. The van der Waals surface area contributed by atoms with Gasteiger partial charge in [-0.2, -0.15) is 0 Å². The molecule has 92 valence electrons. The summed E-state index contributed by atoms with van der Waals surface area (Å²) in [5.41, 5.74) is 7.97. The first-order valence-electron chi connectivity index (χ1n) is 5.54. The largest absolute Gasteiger partial charge is 0.399 e. The molecule has 0 unspecified atom stereocenters. The van der Waals surface area contributed by atoms with Crippen LogP contribution in [0.5, 0.6) is 0 Å². The van der Waals surface area contributed by atoms with Crippen LogP contribution in [0.3, 0.4) is 0 Å². The SMILES string of the molecule is Nc1ccc(Br)c(NC(=O)Cc2ccccc2)c1. The zero-order valence-corrected chi connectivity index (χ0v) is 11.3. The molecule has 2 aromatic rings. The summed E-state index contributed by atoms with van der Waals surface area (Å²) < 4.78 is 0.818. The van der Waals surface area contributed by atoms with Crippen molar-refractivity contribution in [2.24, 2.45) is 0 Å². The number of carbonyl (C=O) groups excluding carboxylic acids is 1. The Morgan fingerprint density at radius 3 is 2.61 bits per heavy atom. The molecule has 2 aromatic carbocycles. The molecule has 18 heavy (non-hydrogen) atoms. The molecule has 0 heterocycles. The second kappa shape index (κ2) is 5.69. The molecule has 0 aromatic heterocycles. The second-order valence-electron chi connectivity index (χ2n) is 3.95. The van der Waals surface area contributed by atoms with Gasteiger partial charge in [-0.3, -0.25) is 4.79 Å². The first kappa shape index (κ1) is 12.6. The molecule has 3 nitrogen and oxygen atoms in total. The van der Waals surface area contributed by atoms with Gasteiger partial charge in [0.15, 0.2) is 0 Å². The molecule has 2 rings (SSSR count). The van der Waals surface area contributed by atoms with Crippen molar-refractivity contribution in [3.05, 3.63) is 58.6 Å². The average Bonchev–Trinajstić information content (AvgIpc) is 2.35. The summed E-state index contributed by atoms with van der Waals surface area (Å²) >= 11 is 3.37. The highest BCUT2D eigenvalue weighted by Gasteiger charge is 2.06. The van der Waals surface area contributed by atoms with Crippen LogP contribution in [0.2, 0.25) is 0 Å².